The molecule has 0 fully saturated rings. The number of esters is 1. The van der Waals surface area contributed by atoms with E-state index in [1.807, 2.05) is 30.3 Å². The minimum absolute atomic E-state index is 0.00217. The number of carbonyl (C=O) groups is 1. The normalized spacial score (nSPS) is 10.7. The van der Waals surface area contributed by atoms with Gasteiger partial charge in [0.1, 0.15) is 12.9 Å². The van der Waals surface area contributed by atoms with E-state index in [9.17, 15) is 4.79 Å². The summed E-state index contributed by atoms with van der Waals surface area (Å²) in [4.78, 5) is 19.8. The van der Waals surface area contributed by atoms with Crippen molar-refractivity contribution in [2.75, 3.05) is 14.2 Å². The summed E-state index contributed by atoms with van der Waals surface area (Å²) in [6, 6.07) is 15.0. The van der Waals surface area contributed by atoms with Crippen LogP contribution in [-0.4, -0.2) is 35.3 Å². The number of nitrogens with zero attached hydrogens (tertiary/aromatic N) is 3. The van der Waals surface area contributed by atoms with E-state index in [-0.39, 0.29) is 24.8 Å². The Morgan fingerprint density at radius 1 is 0.939 bits per heavy atom. The van der Waals surface area contributed by atoms with Crippen molar-refractivity contribution in [3.05, 3.63) is 77.8 Å². The second-order valence-electron chi connectivity index (χ2n) is 6.76. The van der Waals surface area contributed by atoms with Gasteiger partial charge >= 0.3 is 5.97 Å². The van der Waals surface area contributed by atoms with Gasteiger partial charge < -0.3 is 27.9 Å². The molecule has 2 heterocycles. The number of benzene rings is 2. The van der Waals surface area contributed by atoms with Crippen molar-refractivity contribution in [1.82, 2.24) is 15.1 Å². The van der Waals surface area contributed by atoms with Gasteiger partial charge in [-0.1, -0.05) is 35.5 Å². The molecular weight excluding hydrogens is 430 g/mol. The SMILES string of the molecule is COC(=O)c1coc(COc2ccc(-c3noc(COCc4ccccc4)n3)cc2OC)n1. The summed E-state index contributed by atoms with van der Waals surface area (Å²) in [7, 11) is 2.79. The third-order valence-corrected chi connectivity index (χ3v) is 4.52. The quantitative estimate of drug-likeness (QED) is 0.329. The molecule has 0 aliphatic heterocycles. The van der Waals surface area contributed by atoms with E-state index in [4.69, 9.17) is 23.2 Å². The van der Waals surface area contributed by atoms with Gasteiger partial charge in [-0.3, -0.25) is 0 Å². The monoisotopic (exact) mass is 451 g/mol. The average molecular weight is 451 g/mol. The van der Waals surface area contributed by atoms with Crippen LogP contribution < -0.4 is 9.47 Å². The van der Waals surface area contributed by atoms with Gasteiger partial charge in [0.2, 0.25) is 11.7 Å². The molecule has 0 bridgehead atoms. The van der Waals surface area contributed by atoms with Gasteiger partial charge in [0.25, 0.3) is 5.89 Å². The largest absolute Gasteiger partial charge is 0.493 e. The van der Waals surface area contributed by atoms with Crippen LogP contribution in [0.4, 0.5) is 0 Å². The molecule has 0 N–H and O–H groups in total. The summed E-state index contributed by atoms with van der Waals surface area (Å²) in [6.45, 7) is 0.645. The second kappa shape index (κ2) is 10.4. The number of aromatic nitrogens is 3. The van der Waals surface area contributed by atoms with E-state index in [0.29, 0.717) is 35.4 Å². The fraction of sp³-hybridized carbons (Fsp3) is 0.217. The number of hydrogen-bond donors (Lipinski definition) is 0. The second-order valence-corrected chi connectivity index (χ2v) is 6.76. The van der Waals surface area contributed by atoms with Crippen LogP contribution in [-0.2, 0) is 29.3 Å². The van der Waals surface area contributed by atoms with E-state index < -0.39 is 5.97 Å². The summed E-state index contributed by atoms with van der Waals surface area (Å²) < 4.78 is 31.9. The van der Waals surface area contributed by atoms with Crippen LogP contribution in [0.3, 0.4) is 0 Å². The Kier molecular flexibility index (Phi) is 6.96. The van der Waals surface area contributed by atoms with Gasteiger partial charge in [-0.05, 0) is 23.8 Å². The summed E-state index contributed by atoms with van der Waals surface area (Å²) in [5, 5.41) is 4.01. The molecule has 0 radical (unpaired) electrons. The predicted molar refractivity (Wildman–Crippen MR) is 113 cm³/mol. The summed E-state index contributed by atoms with van der Waals surface area (Å²) in [6.07, 6.45) is 1.21. The Morgan fingerprint density at radius 2 is 1.79 bits per heavy atom. The number of hydrogen-bond acceptors (Lipinski definition) is 10. The molecule has 0 amide bonds. The lowest BCUT2D eigenvalue weighted by Crippen LogP contribution is -2.03. The van der Waals surface area contributed by atoms with Crippen LogP contribution in [0.25, 0.3) is 11.4 Å². The van der Waals surface area contributed by atoms with E-state index >= 15 is 0 Å². The number of ether oxygens (including phenoxy) is 4. The van der Waals surface area contributed by atoms with Crippen LogP contribution in [0.1, 0.15) is 27.8 Å². The van der Waals surface area contributed by atoms with Crippen molar-refractivity contribution in [1.29, 1.82) is 0 Å². The Balaban J connectivity index is 1.37. The smallest absolute Gasteiger partial charge is 0.360 e. The first-order valence-electron chi connectivity index (χ1n) is 9.94. The lowest BCUT2D eigenvalue weighted by atomic mass is 10.2. The van der Waals surface area contributed by atoms with Crippen molar-refractivity contribution in [3.8, 4) is 22.9 Å². The molecular formula is C23H21N3O7. The van der Waals surface area contributed by atoms with Gasteiger partial charge in [0.15, 0.2) is 23.8 Å². The zero-order valence-electron chi connectivity index (χ0n) is 18.0. The molecule has 0 aliphatic carbocycles. The minimum atomic E-state index is -0.586. The molecule has 4 aromatic rings. The third kappa shape index (κ3) is 5.55. The molecule has 0 spiro atoms. The predicted octanol–water partition coefficient (Wildman–Crippen LogP) is 3.82. The van der Waals surface area contributed by atoms with E-state index in [2.05, 4.69) is 19.9 Å². The molecule has 2 aromatic carbocycles. The highest BCUT2D eigenvalue weighted by Gasteiger charge is 2.15. The highest BCUT2D eigenvalue weighted by Crippen LogP contribution is 2.32. The topological polar surface area (TPSA) is 119 Å². The summed E-state index contributed by atoms with van der Waals surface area (Å²) in [5.41, 5.74) is 1.81. The van der Waals surface area contributed by atoms with Crippen LogP contribution in [0.5, 0.6) is 11.5 Å². The Hall–Kier alpha value is -4.18. The fourth-order valence-electron chi connectivity index (χ4n) is 2.90. The standard InChI is InChI=1S/C23H21N3O7/c1-28-19-10-16(8-9-18(19)31-14-20-24-17(12-32-20)23(27)29-2)22-25-21(33-26-22)13-30-11-15-6-4-3-5-7-15/h3-10,12H,11,13-14H2,1-2H3. The van der Waals surface area contributed by atoms with Crippen molar-refractivity contribution < 1.29 is 32.7 Å². The number of oxazole rings is 1. The lowest BCUT2D eigenvalue weighted by molar-refractivity contribution is 0.0594. The van der Waals surface area contributed by atoms with E-state index in [0.717, 1.165) is 5.56 Å². The lowest BCUT2D eigenvalue weighted by Gasteiger charge is -2.10. The molecule has 0 unspecified atom stereocenters. The molecule has 0 saturated heterocycles. The molecule has 170 valence electrons. The minimum Gasteiger partial charge on any atom is -0.493 e. The maximum Gasteiger partial charge on any atom is 0.360 e. The first-order chi connectivity index (χ1) is 16.2. The number of carbonyl (C=O) groups excluding carboxylic acids is 1. The molecule has 2 aromatic heterocycles. The van der Waals surface area contributed by atoms with Crippen LogP contribution in [0.2, 0.25) is 0 Å². The van der Waals surface area contributed by atoms with Crippen molar-refractivity contribution >= 4 is 5.97 Å². The van der Waals surface area contributed by atoms with Gasteiger partial charge in [0, 0.05) is 5.56 Å². The maximum atomic E-state index is 11.5. The molecule has 4 rings (SSSR count). The highest BCUT2D eigenvalue weighted by molar-refractivity contribution is 5.86. The Morgan fingerprint density at radius 3 is 2.58 bits per heavy atom. The summed E-state index contributed by atoms with van der Waals surface area (Å²) >= 11 is 0. The van der Waals surface area contributed by atoms with Crippen molar-refractivity contribution in [3.63, 3.8) is 0 Å². The van der Waals surface area contributed by atoms with Crippen LogP contribution in [0.15, 0.2) is 63.7 Å². The van der Waals surface area contributed by atoms with Crippen LogP contribution >= 0.6 is 0 Å². The van der Waals surface area contributed by atoms with Crippen molar-refractivity contribution in [2.24, 2.45) is 0 Å². The van der Waals surface area contributed by atoms with Gasteiger partial charge in [-0.15, -0.1) is 0 Å². The molecule has 10 nitrogen and oxygen atoms in total. The highest BCUT2D eigenvalue weighted by atomic mass is 16.5. The van der Waals surface area contributed by atoms with E-state index in [1.165, 1.54) is 20.5 Å². The summed E-state index contributed by atoms with van der Waals surface area (Å²) in [5.74, 6) is 1.31. The average Bonchev–Trinajstić information content (AvgIpc) is 3.53. The van der Waals surface area contributed by atoms with Gasteiger partial charge in [-0.2, -0.15) is 4.98 Å². The Labute approximate surface area is 189 Å². The first-order valence-corrected chi connectivity index (χ1v) is 9.94. The third-order valence-electron chi connectivity index (χ3n) is 4.52. The van der Waals surface area contributed by atoms with Gasteiger partial charge in [0.05, 0.1) is 20.8 Å². The number of rotatable bonds is 10. The molecule has 0 saturated carbocycles. The molecule has 10 heteroatoms. The number of methoxy groups -OCH3 is 2. The van der Waals surface area contributed by atoms with Crippen molar-refractivity contribution in [2.45, 2.75) is 19.8 Å². The zero-order valence-corrected chi connectivity index (χ0v) is 18.0. The molecule has 0 aliphatic rings. The van der Waals surface area contributed by atoms with Crippen LogP contribution in [0, 0.1) is 0 Å². The molecule has 0 atom stereocenters. The maximum absolute atomic E-state index is 11.5. The Bertz CT molecular complexity index is 1200. The zero-order chi connectivity index (χ0) is 23.0. The van der Waals surface area contributed by atoms with E-state index in [1.54, 1.807) is 18.2 Å². The first kappa shape index (κ1) is 22.0. The molecule has 33 heavy (non-hydrogen) atoms. The van der Waals surface area contributed by atoms with Gasteiger partial charge in [-0.25, -0.2) is 9.78 Å². The fourth-order valence-corrected chi connectivity index (χ4v) is 2.90.